The van der Waals surface area contributed by atoms with E-state index >= 15 is 0 Å². The van der Waals surface area contributed by atoms with Gasteiger partial charge < -0.3 is 15.4 Å². The van der Waals surface area contributed by atoms with Gasteiger partial charge in [-0.05, 0) is 41.9 Å². The van der Waals surface area contributed by atoms with Gasteiger partial charge in [-0.3, -0.25) is 0 Å². The third-order valence-electron chi connectivity index (χ3n) is 3.65. The van der Waals surface area contributed by atoms with Crippen molar-refractivity contribution < 1.29 is 5.11 Å². The number of halogens is 1. The van der Waals surface area contributed by atoms with Crippen LogP contribution < -0.4 is 5.73 Å². The first kappa shape index (κ1) is 14.9. The second kappa shape index (κ2) is 5.33. The molecule has 0 aliphatic heterocycles. The molecule has 3 aromatic heterocycles. The summed E-state index contributed by atoms with van der Waals surface area (Å²) in [5, 5.41) is 10.7. The molecule has 6 nitrogen and oxygen atoms in total. The van der Waals surface area contributed by atoms with Crippen molar-refractivity contribution in [3.05, 3.63) is 35.3 Å². The summed E-state index contributed by atoms with van der Waals surface area (Å²) in [6, 6.07) is 3.75. The Labute approximate surface area is 136 Å². The molecule has 0 aliphatic rings. The van der Waals surface area contributed by atoms with Crippen LogP contribution in [0.5, 0.6) is 0 Å². The molecule has 3 heterocycles. The first-order valence-corrected chi connectivity index (χ1v) is 7.58. The molecule has 0 aromatic carbocycles. The number of rotatable bonds is 3. The molecule has 0 saturated heterocycles. The summed E-state index contributed by atoms with van der Waals surface area (Å²) in [7, 11) is 0. The summed E-state index contributed by atoms with van der Waals surface area (Å²) >= 11 is 3.40. The van der Waals surface area contributed by atoms with Crippen LogP contribution in [0, 0.1) is 0 Å². The Bertz CT molecular complexity index is 843. The van der Waals surface area contributed by atoms with Crippen molar-refractivity contribution in [2.45, 2.75) is 19.4 Å². The van der Waals surface area contributed by atoms with Crippen molar-refractivity contribution in [3.8, 4) is 11.3 Å². The number of aliphatic hydroxyl groups is 1. The number of anilines is 1. The fraction of sp³-hybridized carbons (Fsp3) is 0.267. The Morgan fingerprint density at radius 1 is 1.36 bits per heavy atom. The van der Waals surface area contributed by atoms with Crippen molar-refractivity contribution in [2.24, 2.45) is 0 Å². The summed E-state index contributed by atoms with van der Waals surface area (Å²) in [6.45, 7) is 3.94. The molecule has 0 aliphatic carbocycles. The Kier molecular flexibility index (Phi) is 3.62. The van der Waals surface area contributed by atoms with Crippen molar-refractivity contribution in [1.29, 1.82) is 0 Å². The number of nitrogens with two attached hydrogens (primary N) is 1. The highest BCUT2D eigenvalue weighted by molar-refractivity contribution is 9.10. The molecule has 0 amide bonds. The predicted octanol–water partition coefficient (Wildman–Crippen LogP) is 2.57. The van der Waals surface area contributed by atoms with Gasteiger partial charge in [0.05, 0.1) is 29.6 Å². The Morgan fingerprint density at radius 3 is 2.82 bits per heavy atom. The van der Waals surface area contributed by atoms with E-state index in [4.69, 9.17) is 5.73 Å². The normalized spacial score (nSPS) is 12.0. The van der Waals surface area contributed by atoms with Crippen molar-refractivity contribution in [3.63, 3.8) is 0 Å². The maximum atomic E-state index is 9.69. The van der Waals surface area contributed by atoms with Crippen LogP contribution in [0.3, 0.4) is 0 Å². The average Bonchev–Trinajstić information content (AvgIpc) is 2.86. The van der Waals surface area contributed by atoms with Gasteiger partial charge in [0.25, 0.3) is 0 Å². The topological polar surface area (TPSA) is 89.8 Å². The Hall–Kier alpha value is -1.99. The number of nitrogens with zero attached hydrogens (tertiary/aromatic N) is 4. The monoisotopic (exact) mass is 361 g/mol. The molecule has 3 aromatic rings. The van der Waals surface area contributed by atoms with Gasteiger partial charge in [-0.15, -0.1) is 0 Å². The molecule has 22 heavy (non-hydrogen) atoms. The molecule has 3 rings (SSSR count). The second-order valence-electron chi connectivity index (χ2n) is 5.71. The van der Waals surface area contributed by atoms with E-state index in [0.29, 0.717) is 0 Å². The predicted molar refractivity (Wildman–Crippen MR) is 89.3 cm³/mol. The van der Waals surface area contributed by atoms with E-state index in [-0.39, 0.29) is 12.6 Å². The second-order valence-corrected chi connectivity index (χ2v) is 6.52. The van der Waals surface area contributed by atoms with Gasteiger partial charge in [0.15, 0.2) is 0 Å². The van der Waals surface area contributed by atoms with Crippen LogP contribution in [0.4, 0.5) is 5.95 Å². The Balaban J connectivity index is 2.33. The summed E-state index contributed by atoms with van der Waals surface area (Å²) in [5.74, 6) is 0.230. The minimum absolute atomic E-state index is 0.0121. The highest BCUT2D eigenvalue weighted by Crippen LogP contribution is 2.34. The zero-order chi connectivity index (χ0) is 15.9. The molecule has 0 fully saturated rings. The van der Waals surface area contributed by atoms with Gasteiger partial charge in [-0.2, -0.15) is 0 Å². The van der Waals surface area contributed by atoms with E-state index in [1.165, 1.54) is 0 Å². The van der Waals surface area contributed by atoms with Crippen molar-refractivity contribution in [1.82, 2.24) is 19.5 Å². The lowest BCUT2D eigenvalue weighted by Gasteiger charge is -2.25. The van der Waals surface area contributed by atoms with Gasteiger partial charge in [-0.1, -0.05) is 0 Å². The van der Waals surface area contributed by atoms with Gasteiger partial charge in [0.2, 0.25) is 5.95 Å². The maximum Gasteiger partial charge on any atom is 0.220 e. The van der Waals surface area contributed by atoms with Crippen LogP contribution in [0.25, 0.3) is 22.2 Å². The zero-order valence-corrected chi connectivity index (χ0v) is 13.9. The quantitative estimate of drug-likeness (QED) is 0.699. The number of aliphatic hydroxyl groups excluding tert-OH is 1. The van der Waals surface area contributed by atoms with Crippen LogP contribution in [0.2, 0.25) is 0 Å². The average molecular weight is 362 g/mol. The van der Waals surface area contributed by atoms with E-state index in [2.05, 4.69) is 30.9 Å². The maximum absolute atomic E-state index is 9.69. The molecule has 0 spiro atoms. The minimum Gasteiger partial charge on any atom is -0.394 e. The van der Waals surface area contributed by atoms with Crippen molar-refractivity contribution in [2.75, 3.05) is 12.3 Å². The summed E-state index contributed by atoms with van der Waals surface area (Å²) in [4.78, 5) is 12.5. The van der Waals surface area contributed by atoms with E-state index in [1.807, 2.05) is 36.7 Å². The smallest absolute Gasteiger partial charge is 0.220 e. The number of fused-ring (bicyclic) bond motifs is 1. The SMILES string of the molecule is CC(C)(CO)n1cc(-c2ccnc(N)n2)c2cc(Br)ncc21. The fourth-order valence-corrected chi connectivity index (χ4v) is 2.73. The van der Waals surface area contributed by atoms with Crippen LogP contribution in [-0.4, -0.2) is 31.2 Å². The van der Waals surface area contributed by atoms with Crippen LogP contribution in [0.15, 0.2) is 35.3 Å². The van der Waals surface area contributed by atoms with E-state index < -0.39 is 5.54 Å². The first-order chi connectivity index (χ1) is 10.4. The number of hydrogen-bond donors (Lipinski definition) is 2. The van der Waals surface area contributed by atoms with Gasteiger partial charge in [-0.25, -0.2) is 15.0 Å². The Morgan fingerprint density at radius 2 is 2.14 bits per heavy atom. The molecule has 0 bridgehead atoms. The number of nitrogen functional groups attached to an aromatic ring is 1. The molecule has 7 heteroatoms. The number of pyridine rings is 1. The third-order valence-corrected chi connectivity index (χ3v) is 4.08. The lowest BCUT2D eigenvalue weighted by Crippen LogP contribution is -2.29. The molecular formula is C15H16BrN5O. The molecule has 0 unspecified atom stereocenters. The lowest BCUT2D eigenvalue weighted by molar-refractivity contribution is 0.168. The van der Waals surface area contributed by atoms with Gasteiger partial charge in [0, 0.05) is 23.3 Å². The standard InChI is InChI=1S/C15H16BrN5O/c1-15(2,8-22)21-7-10(11-3-4-18-14(17)20-11)9-5-13(16)19-6-12(9)21/h3-7,22H,8H2,1-2H3,(H2,17,18,20). The molecular weight excluding hydrogens is 346 g/mol. The summed E-state index contributed by atoms with van der Waals surface area (Å²) in [6.07, 6.45) is 5.38. The largest absolute Gasteiger partial charge is 0.394 e. The van der Waals surface area contributed by atoms with Crippen molar-refractivity contribution >= 4 is 32.8 Å². The highest BCUT2D eigenvalue weighted by atomic mass is 79.9. The minimum atomic E-state index is -0.454. The first-order valence-electron chi connectivity index (χ1n) is 6.79. The highest BCUT2D eigenvalue weighted by Gasteiger charge is 2.23. The molecule has 0 atom stereocenters. The van der Waals surface area contributed by atoms with Crippen LogP contribution >= 0.6 is 15.9 Å². The van der Waals surface area contributed by atoms with Gasteiger partial charge in [0.1, 0.15) is 4.60 Å². The summed E-state index contributed by atoms with van der Waals surface area (Å²) in [5.41, 5.74) is 7.83. The zero-order valence-electron chi connectivity index (χ0n) is 12.3. The van der Waals surface area contributed by atoms with Crippen LogP contribution in [-0.2, 0) is 5.54 Å². The number of hydrogen-bond acceptors (Lipinski definition) is 5. The molecule has 114 valence electrons. The summed E-state index contributed by atoms with van der Waals surface area (Å²) < 4.78 is 2.75. The van der Waals surface area contributed by atoms with E-state index in [0.717, 1.165) is 26.8 Å². The molecule has 0 saturated carbocycles. The third kappa shape index (κ3) is 2.46. The van der Waals surface area contributed by atoms with Gasteiger partial charge >= 0.3 is 0 Å². The fourth-order valence-electron chi connectivity index (χ4n) is 2.40. The molecule has 0 radical (unpaired) electrons. The van der Waals surface area contributed by atoms with E-state index in [1.54, 1.807) is 12.4 Å². The van der Waals surface area contributed by atoms with Crippen LogP contribution in [0.1, 0.15) is 13.8 Å². The van der Waals surface area contributed by atoms with E-state index in [9.17, 15) is 5.11 Å². The lowest BCUT2D eigenvalue weighted by atomic mass is 10.1. The number of aromatic nitrogens is 4. The molecule has 3 N–H and O–H groups in total.